The van der Waals surface area contributed by atoms with Crippen LogP contribution in [0, 0.1) is 0 Å². The zero-order chi connectivity index (χ0) is 35.5. The molecule has 0 spiro atoms. The number of benzene rings is 2. The minimum atomic E-state index is -1.36. The molecule has 16 heteroatoms. The molecule has 4 unspecified atom stereocenters. The first-order chi connectivity index (χ1) is 23.4. The van der Waals surface area contributed by atoms with E-state index in [0.29, 0.717) is 17.5 Å². The first-order valence-corrected chi connectivity index (χ1v) is 15.8. The topological polar surface area (TPSA) is 290 Å². The van der Waals surface area contributed by atoms with E-state index in [-0.39, 0.29) is 44.6 Å². The van der Waals surface area contributed by atoms with Gasteiger partial charge in [-0.05, 0) is 42.5 Å². The number of nitrogens with zero attached hydrogens (tertiary/aromatic N) is 1. The third-order valence-corrected chi connectivity index (χ3v) is 8.06. The SMILES string of the molecule is NC(=O)CCC(NC(=O)C(Cc1c[nH]c2ccccc12)NC(=O)C(N)CCCN=C(N)N)C(=O)NC(Cc1c[nH]c2ccccc12)C(=O)O. The maximum atomic E-state index is 13.8. The molecule has 0 aliphatic rings. The van der Waals surface area contributed by atoms with E-state index >= 15 is 0 Å². The molecule has 0 fully saturated rings. The summed E-state index contributed by atoms with van der Waals surface area (Å²) in [5.41, 5.74) is 25.2. The molecular formula is C33H42N10O6. The number of amides is 4. The van der Waals surface area contributed by atoms with E-state index in [1.807, 2.05) is 48.5 Å². The van der Waals surface area contributed by atoms with Crippen LogP contribution >= 0.6 is 0 Å². The number of H-pyrrole nitrogens is 2. The van der Waals surface area contributed by atoms with Crippen LogP contribution in [-0.2, 0) is 36.8 Å². The Hall–Kier alpha value is -5.90. The Morgan fingerprint density at radius 2 is 1.22 bits per heavy atom. The monoisotopic (exact) mass is 674 g/mol. The van der Waals surface area contributed by atoms with Crippen molar-refractivity contribution >= 4 is 57.4 Å². The van der Waals surface area contributed by atoms with Crippen molar-refractivity contribution in [2.45, 2.75) is 62.7 Å². The zero-order valence-corrected chi connectivity index (χ0v) is 26.8. The number of carbonyl (C=O) groups excluding carboxylic acids is 4. The fourth-order valence-electron chi connectivity index (χ4n) is 5.48. The summed E-state index contributed by atoms with van der Waals surface area (Å²) in [6.07, 6.45) is 3.48. The number of guanidine groups is 1. The summed E-state index contributed by atoms with van der Waals surface area (Å²) < 4.78 is 0. The van der Waals surface area contributed by atoms with E-state index in [0.717, 1.165) is 21.8 Å². The molecule has 0 saturated heterocycles. The number of para-hydroxylation sites is 2. The van der Waals surface area contributed by atoms with E-state index in [4.69, 9.17) is 22.9 Å². The van der Waals surface area contributed by atoms with Gasteiger partial charge >= 0.3 is 5.97 Å². The number of carboxylic acid groups (broad SMARTS) is 1. The average Bonchev–Trinajstić information content (AvgIpc) is 3.67. The van der Waals surface area contributed by atoms with E-state index in [2.05, 4.69) is 30.9 Å². The third-order valence-electron chi connectivity index (χ3n) is 8.06. The smallest absolute Gasteiger partial charge is 0.326 e. The van der Waals surface area contributed by atoms with Gasteiger partial charge in [0.2, 0.25) is 23.6 Å². The van der Waals surface area contributed by atoms with Crippen molar-refractivity contribution in [3.8, 4) is 0 Å². The number of primary amides is 1. The second-order valence-corrected chi connectivity index (χ2v) is 11.7. The molecule has 0 radical (unpaired) electrons. The fourth-order valence-corrected chi connectivity index (χ4v) is 5.48. The molecule has 4 aromatic rings. The average molecular weight is 675 g/mol. The number of fused-ring (bicyclic) bond motifs is 2. The molecule has 16 nitrogen and oxygen atoms in total. The summed E-state index contributed by atoms with van der Waals surface area (Å²) in [5, 5.41) is 19.4. The lowest BCUT2D eigenvalue weighted by Crippen LogP contribution is -2.58. The molecular weight excluding hydrogens is 632 g/mol. The number of aliphatic imine (C=N–C) groups is 1. The molecule has 4 atom stereocenters. The predicted molar refractivity (Wildman–Crippen MR) is 184 cm³/mol. The highest BCUT2D eigenvalue weighted by atomic mass is 16.4. The number of nitrogens with one attached hydrogen (secondary N) is 5. The molecule has 0 aliphatic heterocycles. The fraction of sp³-hybridized carbons (Fsp3) is 0.333. The summed E-state index contributed by atoms with van der Waals surface area (Å²) in [6, 6.07) is 9.79. The molecule has 4 amide bonds. The Bertz CT molecular complexity index is 1830. The standard InChI is InChI=1S/C33H42N10O6/c34-22(8-5-13-38-33(36)37)29(45)42-26(14-18-16-39-23-9-3-1-6-20(18)23)31(47)41-25(11-12-28(35)44)30(46)43-27(32(48)49)15-19-17-40-24-10-4-2-7-21(19)24/h1-4,6-7,9-10,16-17,22,25-27,39-40H,5,8,11-15,34H2,(H2,35,44)(H,41,47)(H,42,45)(H,43,46)(H,48,49)(H4,36,37,38). The van der Waals surface area contributed by atoms with Gasteiger partial charge in [-0.2, -0.15) is 0 Å². The molecule has 0 bridgehead atoms. The van der Waals surface area contributed by atoms with Crippen LogP contribution in [0.4, 0.5) is 0 Å². The maximum absolute atomic E-state index is 13.8. The Morgan fingerprint density at radius 3 is 1.78 bits per heavy atom. The normalized spacial score (nSPS) is 13.6. The number of aromatic nitrogens is 2. The van der Waals surface area contributed by atoms with Crippen molar-refractivity contribution in [2.24, 2.45) is 27.9 Å². The number of nitrogens with two attached hydrogens (primary N) is 4. The van der Waals surface area contributed by atoms with Gasteiger partial charge in [0.25, 0.3) is 0 Å². The highest BCUT2D eigenvalue weighted by Gasteiger charge is 2.31. The number of aromatic amines is 2. The first kappa shape index (κ1) is 35.9. The molecule has 49 heavy (non-hydrogen) atoms. The summed E-state index contributed by atoms with van der Waals surface area (Å²) in [5.74, 6) is -4.31. The summed E-state index contributed by atoms with van der Waals surface area (Å²) in [6.45, 7) is 0.261. The van der Waals surface area contributed by atoms with Crippen molar-refractivity contribution < 1.29 is 29.1 Å². The number of hydrogen-bond acceptors (Lipinski definition) is 7. The van der Waals surface area contributed by atoms with Crippen LogP contribution in [0.2, 0.25) is 0 Å². The minimum Gasteiger partial charge on any atom is -0.480 e. The van der Waals surface area contributed by atoms with Crippen molar-refractivity contribution in [3.63, 3.8) is 0 Å². The van der Waals surface area contributed by atoms with Gasteiger partial charge in [-0.15, -0.1) is 0 Å². The lowest BCUT2D eigenvalue weighted by atomic mass is 10.0. The Balaban J connectivity index is 1.53. The van der Waals surface area contributed by atoms with Crippen LogP contribution in [-0.4, -0.2) is 81.3 Å². The van der Waals surface area contributed by atoms with Gasteiger partial charge in [0.05, 0.1) is 6.04 Å². The molecule has 260 valence electrons. The van der Waals surface area contributed by atoms with Gasteiger partial charge < -0.3 is 54.0 Å². The summed E-state index contributed by atoms with van der Waals surface area (Å²) in [4.78, 5) is 74.6. The predicted octanol–water partition coefficient (Wildman–Crippen LogP) is -0.380. The van der Waals surface area contributed by atoms with Gasteiger partial charge in [-0.3, -0.25) is 24.2 Å². The minimum absolute atomic E-state index is 0.0186. The van der Waals surface area contributed by atoms with Crippen LogP contribution in [0.3, 0.4) is 0 Å². The van der Waals surface area contributed by atoms with Crippen molar-refractivity contribution in [3.05, 3.63) is 72.1 Å². The van der Waals surface area contributed by atoms with E-state index in [1.54, 1.807) is 12.4 Å². The second-order valence-electron chi connectivity index (χ2n) is 11.7. The van der Waals surface area contributed by atoms with Crippen LogP contribution in [0.25, 0.3) is 21.8 Å². The van der Waals surface area contributed by atoms with Crippen LogP contribution in [0.15, 0.2) is 65.9 Å². The van der Waals surface area contributed by atoms with Crippen molar-refractivity contribution in [2.75, 3.05) is 6.54 Å². The second kappa shape index (κ2) is 16.8. The van der Waals surface area contributed by atoms with Crippen LogP contribution in [0.5, 0.6) is 0 Å². The Labute approximate surface area is 281 Å². The third kappa shape index (κ3) is 10.0. The summed E-state index contributed by atoms with van der Waals surface area (Å²) >= 11 is 0. The van der Waals surface area contributed by atoms with Gasteiger partial charge in [-0.1, -0.05) is 36.4 Å². The lowest BCUT2D eigenvalue weighted by Gasteiger charge is -2.25. The highest BCUT2D eigenvalue weighted by molar-refractivity contribution is 5.95. The number of aliphatic carboxylic acids is 1. The lowest BCUT2D eigenvalue weighted by molar-refractivity contribution is -0.142. The number of hydrogen-bond donors (Lipinski definition) is 10. The van der Waals surface area contributed by atoms with E-state index in [9.17, 15) is 29.1 Å². The van der Waals surface area contributed by atoms with Crippen LogP contribution < -0.4 is 38.9 Å². The van der Waals surface area contributed by atoms with Crippen molar-refractivity contribution in [1.29, 1.82) is 0 Å². The number of carboxylic acids is 1. The summed E-state index contributed by atoms with van der Waals surface area (Å²) in [7, 11) is 0. The molecule has 2 aromatic carbocycles. The maximum Gasteiger partial charge on any atom is 0.326 e. The first-order valence-electron chi connectivity index (χ1n) is 15.8. The molecule has 2 heterocycles. The Kier molecular flexibility index (Phi) is 12.3. The van der Waals surface area contributed by atoms with Gasteiger partial charge in [-0.25, -0.2) is 4.79 Å². The van der Waals surface area contributed by atoms with E-state index < -0.39 is 53.8 Å². The van der Waals surface area contributed by atoms with Crippen molar-refractivity contribution in [1.82, 2.24) is 25.9 Å². The molecule has 0 saturated carbocycles. The highest BCUT2D eigenvalue weighted by Crippen LogP contribution is 2.21. The van der Waals surface area contributed by atoms with Gasteiger partial charge in [0.1, 0.15) is 18.1 Å². The van der Waals surface area contributed by atoms with Crippen LogP contribution in [0.1, 0.15) is 36.8 Å². The van der Waals surface area contributed by atoms with Gasteiger partial charge in [0.15, 0.2) is 5.96 Å². The van der Waals surface area contributed by atoms with Gasteiger partial charge in [0, 0.05) is 60.0 Å². The molecule has 14 N–H and O–H groups in total. The largest absolute Gasteiger partial charge is 0.480 e. The molecule has 4 rings (SSSR count). The van der Waals surface area contributed by atoms with E-state index in [1.165, 1.54) is 0 Å². The number of rotatable bonds is 18. The molecule has 0 aliphatic carbocycles. The number of carbonyl (C=O) groups is 5. The molecule has 2 aromatic heterocycles. The quantitative estimate of drug-likeness (QED) is 0.0373. The zero-order valence-electron chi connectivity index (χ0n) is 26.8. The Morgan fingerprint density at radius 1 is 0.714 bits per heavy atom.